The summed E-state index contributed by atoms with van der Waals surface area (Å²) < 4.78 is 26.0. The summed E-state index contributed by atoms with van der Waals surface area (Å²) in [6.45, 7) is 0.387. The number of benzene rings is 1. The summed E-state index contributed by atoms with van der Waals surface area (Å²) in [7, 11) is 0. The van der Waals surface area contributed by atoms with Crippen molar-refractivity contribution >= 4 is 23.6 Å². The van der Waals surface area contributed by atoms with Crippen LogP contribution in [0.1, 0.15) is 19.3 Å². The van der Waals surface area contributed by atoms with Crippen LogP contribution < -0.4 is 5.32 Å². The number of carbonyl (C=O) groups excluding carboxylic acids is 1. The molecule has 0 heterocycles. The number of halogens is 2. The third-order valence-electron chi connectivity index (χ3n) is 2.39. The first-order valence-electron chi connectivity index (χ1n) is 6.05. The SMILES string of the molecule is O=C(O)CCCCNC(=O)CSc1ccc(F)cc1F. The highest BCUT2D eigenvalue weighted by Gasteiger charge is 2.07. The van der Waals surface area contributed by atoms with Crippen molar-refractivity contribution in [3.8, 4) is 0 Å². The van der Waals surface area contributed by atoms with E-state index in [9.17, 15) is 18.4 Å². The van der Waals surface area contributed by atoms with Crippen LogP contribution in [0.25, 0.3) is 0 Å². The van der Waals surface area contributed by atoms with E-state index >= 15 is 0 Å². The Morgan fingerprint density at radius 2 is 2.00 bits per heavy atom. The zero-order chi connectivity index (χ0) is 15.0. The molecule has 0 saturated carbocycles. The van der Waals surface area contributed by atoms with Gasteiger partial charge in [0.05, 0.1) is 5.75 Å². The van der Waals surface area contributed by atoms with Gasteiger partial charge in [0.25, 0.3) is 0 Å². The molecule has 0 spiro atoms. The van der Waals surface area contributed by atoms with Crippen LogP contribution in [0.5, 0.6) is 0 Å². The number of nitrogens with one attached hydrogen (secondary N) is 1. The lowest BCUT2D eigenvalue weighted by atomic mass is 10.2. The molecule has 0 radical (unpaired) electrons. The van der Waals surface area contributed by atoms with Gasteiger partial charge < -0.3 is 10.4 Å². The number of amides is 1. The molecule has 0 unspecified atom stereocenters. The second-order valence-corrected chi connectivity index (χ2v) is 5.08. The molecule has 1 aromatic carbocycles. The summed E-state index contributed by atoms with van der Waals surface area (Å²) in [5.41, 5.74) is 0. The Kier molecular flexibility index (Phi) is 7.00. The summed E-state index contributed by atoms with van der Waals surface area (Å²) in [4.78, 5) is 21.9. The number of unbranched alkanes of at least 4 members (excludes halogenated alkanes) is 1. The summed E-state index contributed by atoms with van der Waals surface area (Å²) in [6, 6.07) is 3.19. The average Bonchev–Trinajstić information content (AvgIpc) is 2.37. The molecule has 0 bridgehead atoms. The summed E-state index contributed by atoms with van der Waals surface area (Å²) >= 11 is 0.985. The molecule has 1 aromatic rings. The molecule has 110 valence electrons. The highest BCUT2D eigenvalue weighted by Crippen LogP contribution is 2.21. The lowest BCUT2D eigenvalue weighted by Gasteiger charge is -2.05. The van der Waals surface area contributed by atoms with Crippen molar-refractivity contribution in [3.63, 3.8) is 0 Å². The van der Waals surface area contributed by atoms with Crippen molar-refractivity contribution in [1.29, 1.82) is 0 Å². The molecule has 0 atom stereocenters. The maximum Gasteiger partial charge on any atom is 0.303 e. The van der Waals surface area contributed by atoms with E-state index in [2.05, 4.69) is 5.32 Å². The zero-order valence-corrected chi connectivity index (χ0v) is 11.5. The zero-order valence-electron chi connectivity index (χ0n) is 10.7. The van der Waals surface area contributed by atoms with Gasteiger partial charge >= 0.3 is 5.97 Å². The van der Waals surface area contributed by atoms with Crippen molar-refractivity contribution in [2.24, 2.45) is 0 Å². The van der Waals surface area contributed by atoms with Gasteiger partial charge in [0.2, 0.25) is 5.91 Å². The molecule has 1 rings (SSSR count). The van der Waals surface area contributed by atoms with Crippen LogP contribution in [-0.4, -0.2) is 29.3 Å². The minimum atomic E-state index is -0.862. The molecular formula is C13H15F2NO3S. The number of hydrogen-bond donors (Lipinski definition) is 2. The molecule has 20 heavy (non-hydrogen) atoms. The largest absolute Gasteiger partial charge is 0.481 e. The van der Waals surface area contributed by atoms with E-state index in [-0.39, 0.29) is 23.0 Å². The van der Waals surface area contributed by atoms with E-state index in [1.54, 1.807) is 0 Å². The van der Waals surface area contributed by atoms with Crippen molar-refractivity contribution in [3.05, 3.63) is 29.8 Å². The van der Waals surface area contributed by atoms with Crippen molar-refractivity contribution in [2.75, 3.05) is 12.3 Å². The molecule has 0 aliphatic rings. The Balaban J connectivity index is 2.21. The van der Waals surface area contributed by atoms with E-state index in [0.717, 1.165) is 23.9 Å². The third-order valence-corrected chi connectivity index (χ3v) is 3.44. The van der Waals surface area contributed by atoms with Gasteiger partial charge in [0.1, 0.15) is 11.6 Å². The topological polar surface area (TPSA) is 66.4 Å². The first kappa shape index (κ1) is 16.4. The second-order valence-electron chi connectivity index (χ2n) is 4.06. The van der Waals surface area contributed by atoms with E-state index in [1.165, 1.54) is 6.07 Å². The van der Waals surface area contributed by atoms with E-state index in [0.29, 0.717) is 19.4 Å². The fourth-order valence-corrected chi connectivity index (χ4v) is 2.17. The Morgan fingerprint density at radius 1 is 1.25 bits per heavy atom. The van der Waals surface area contributed by atoms with Crippen LogP contribution in [0.2, 0.25) is 0 Å². The van der Waals surface area contributed by atoms with Gasteiger partial charge in [-0.3, -0.25) is 9.59 Å². The molecule has 1 amide bonds. The molecule has 0 aromatic heterocycles. The Bertz CT molecular complexity index is 483. The average molecular weight is 303 g/mol. The van der Waals surface area contributed by atoms with Gasteiger partial charge in [-0.25, -0.2) is 8.78 Å². The van der Waals surface area contributed by atoms with Gasteiger partial charge in [-0.05, 0) is 25.0 Å². The lowest BCUT2D eigenvalue weighted by molar-refractivity contribution is -0.137. The van der Waals surface area contributed by atoms with Gasteiger partial charge in [-0.2, -0.15) is 0 Å². The van der Waals surface area contributed by atoms with Crippen LogP contribution in [0.3, 0.4) is 0 Å². The molecule has 0 fully saturated rings. The number of aliphatic carboxylic acids is 1. The number of carboxylic acids is 1. The molecule has 0 aliphatic carbocycles. The molecular weight excluding hydrogens is 288 g/mol. The van der Waals surface area contributed by atoms with Crippen molar-refractivity contribution in [1.82, 2.24) is 5.32 Å². The lowest BCUT2D eigenvalue weighted by Crippen LogP contribution is -2.26. The molecule has 4 nitrogen and oxygen atoms in total. The fourth-order valence-electron chi connectivity index (χ4n) is 1.42. The second kappa shape index (κ2) is 8.52. The molecule has 2 N–H and O–H groups in total. The van der Waals surface area contributed by atoms with Gasteiger partial charge in [0.15, 0.2) is 0 Å². The van der Waals surface area contributed by atoms with Crippen molar-refractivity contribution < 1.29 is 23.5 Å². The van der Waals surface area contributed by atoms with E-state index in [4.69, 9.17) is 5.11 Å². The Morgan fingerprint density at radius 3 is 2.65 bits per heavy atom. The number of carboxylic acid groups (broad SMARTS) is 1. The minimum Gasteiger partial charge on any atom is -0.481 e. The van der Waals surface area contributed by atoms with Gasteiger partial charge in [0, 0.05) is 23.9 Å². The highest BCUT2D eigenvalue weighted by molar-refractivity contribution is 8.00. The maximum atomic E-state index is 13.3. The summed E-state index contributed by atoms with van der Waals surface area (Å²) in [5.74, 6) is -2.45. The van der Waals surface area contributed by atoms with Crippen LogP contribution in [0.4, 0.5) is 8.78 Å². The Labute approximate surface area is 119 Å². The first-order valence-corrected chi connectivity index (χ1v) is 7.04. The quantitative estimate of drug-likeness (QED) is 0.572. The predicted octanol–water partition coefficient (Wildman–Crippen LogP) is 2.43. The number of carbonyl (C=O) groups is 2. The first-order chi connectivity index (χ1) is 9.49. The smallest absolute Gasteiger partial charge is 0.303 e. The highest BCUT2D eigenvalue weighted by atomic mass is 32.2. The molecule has 7 heteroatoms. The number of hydrogen-bond acceptors (Lipinski definition) is 3. The maximum absolute atomic E-state index is 13.3. The van der Waals surface area contributed by atoms with Crippen LogP contribution in [0, 0.1) is 11.6 Å². The molecule has 0 aliphatic heterocycles. The van der Waals surface area contributed by atoms with Gasteiger partial charge in [-0.15, -0.1) is 11.8 Å². The van der Waals surface area contributed by atoms with Crippen LogP contribution >= 0.6 is 11.8 Å². The minimum absolute atomic E-state index is 0.0292. The van der Waals surface area contributed by atoms with Gasteiger partial charge in [-0.1, -0.05) is 0 Å². The Hall–Kier alpha value is -1.63. The monoisotopic (exact) mass is 303 g/mol. The van der Waals surface area contributed by atoms with E-state index in [1.807, 2.05) is 0 Å². The standard InChI is InChI=1S/C13H15F2NO3S/c14-9-4-5-11(10(15)7-9)20-8-12(17)16-6-2-1-3-13(18)19/h4-5,7H,1-3,6,8H2,(H,16,17)(H,18,19). The summed E-state index contributed by atoms with van der Waals surface area (Å²) in [6.07, 6.45) is 1.15. The van der Waals surface area contributed by atoms with Crippen molar-refractivity contribution in [2.45, 2.75) is 24.2 Å². The molecule has 0 saturated heterocycles. The van der Waals surface area contributed by atoms with E-state index < -0.39 is 17.6 Å². The third kappa shape index (κ3) is 6.51. The number of thioether (sulfide) groups is 1. The number of rotatable bonds is 8. The van der Waals surface area contributed by atoms with Crippen LogP contribution in [-0.2, 0) is 9.59 Å². The van der Waals surface area contributed by atoms with Crippen LogP contribution in [0.15, 0.2) is 23.1 Å². The predicted molar refractivity (Wildman–Crippen MR) is 71.6 cm³/mol. The normalized spacial score (nSPS) is 10.3. The summed E-state index contributed by atoms with van der Waals surface area (Å²) in [5, 5.41) is 11.0. The fraction of sp³-hybridized carbons (Fsp3) is 0.385.